The van der Waals surface area contributed by atoms with Gasteiger partial charge in [0.15, 0.2) is 0 Å². The van der Waals surface area contributed by atoms with Crippen molar-refractivity contribution in [2.75, 3.05) is 0 Å². The van der Waals surface area contributed by atoms with E-state index in [0.717, 1.165) is 5.56 Å². The molecule has 1 aromatic rings. The normalized spacial score (nSPS) is 11.6. The SMILES string of the molecule is N=NN[C@@H](Cc1ccc(O)cc1)C(=O)ON. The Balaban J connectivity index is 2.71. The molecule has 0 radical (unpaired) electrons. The molecule has 0 amide bonds. The zero-order valence-corrected chi connectivity index (χ0v) is 8.38. The molecule has 0 spiro atoms. The Morgan fingerprint density at radius 3 is 2.69 bits per heavy atom. The molecule has 1 rings (SSSR count). The number of phenolic OH excluding ortho intramolecular Hbond substituents is 1. The van der Waals surface area contributed by atoms with Crippen molar-refractivity contribution in [1.82, 2.24) is 5.43 Å². The van der Waals surface area contributed by atoms with Crippen LogP contribution in [0.2, 0.25) is 0 Å². The third-order valence-electron chi connectivity index (χ3n) is 2.00. The van der Waals surface area contributed by atoms with Gasteiger partial charge in [0.05, 0.1) is 0 Å². The molecule has 0 aliphatic heterocycles. The zero-order valence-electron chi connectivity index (χ0n) is 8.38. The van der Waals surface area contributed by atoms with Crippen molar-refractivity contribution in [3.8, 4) is 5.75 Å². The molecular formula is C9H12N4O3. The van der Waals surface area contributed by atoms with Gasteiger partial charge in [0, 0.05) is 6.42 Å². The highest BCUT2D eigenvalue weighted by Crippen LogP contribution is 2.11. The van der Waals surface area contributed by atoms with Crippen molar-refractivity contribution in [2.45, 2.75) is 12.5 Å². The van der Waals surface area contributed by atoms with Crippen LogP contribution in [0.15, 0.2) is 29.5 Å². The third-order valence-corrected chi connectivity index (χ3v) is 2.00. The van der Waals surface area contributed by atoms with E-state index in [2.05, 4.69) is 15.5 Å². The van der Waals surface area contributed by atoms with Crippen LogP contribution in [-0.4, -0.2) is 17.1 Å². The molecule has 5 N–H and O–H groups in total. The number of phenols is 1. The van der Waals surface area contributed by atoms with Crippen LogP contribution in [0.3, 0.4) is 0 Å². The highest BCUT2D eigenvalue weighted by atomic mass is 16.7. The van der Waals surface area contributed by atoms with Gasteiger partial charge < -0.3 is 9.94 Å². The molecular weight excluding hydrogens is 212 g/mol. The molecule has 0 fully saturated rings. The predicted molar refractivity (Wildman–Crippen MR) is 54.2 cm³/mol. The van der Waals surface area contributed by atoms with E-state index in [0.29, 0.717) is 0 Å². The van der Waals surface area contributed by atoms with Gasteiger partial charge in [0.1, 0.15) is 11.8 Å². The summed E-state index contributed by atoms with van der Waals surface area (Å²) < 4.78 is 0. The Morgan fingerprint density at radius 1 is 1.56 bits per heavy atom. The van der Waals surface area contributed by atoms with Gasteiger partial charge in [-0.3, -0.25) is 5.43 Å². The zero-order chi connectivity index (χ0) is 12.0. The summed E-state index contributed by atoms with van der Waals surface area (Å²) in [6.07, 6.45) is 0.263. The maximum Gasteiger partial charge on any atom is 0.349 e. The topological polar surface area (TPSA) is 121 Å². The summed E-state index contributed by atoms with van der Waals surface area (Å²) in [7, 11) is 0. The average Bonchev–Trinajstić information content (AvgIpc) is 2.30. The molecule has 0 aliphatic carbocycles. The van der Waals surface area contributed by atoms with Crippen molar-refractivity contribution >= 4 is 5.97 Å². The molecule has 1 aromatic carbocycles. The molecule has 0 saturated heterocycles. The molecule has 0 heterocycles. The molecule has 7 nitrogen and oxygen atoms in total. The number of nitrogens with zero attached hydrogens (tertiary/aromatic N) is 1. The number of nitrogens with one attached hydrogen (secondary N) is 2. The Kier molecular flexibility index (Phi) is 4.22. The van der Waals surface area contributed by atoms with Crippen LogP contribution in [0, 0.1) is 5.53 Å². The third kappa shape index (κ3) is 3.21. The summed E-state index contributed by atoms with van der Waals surface area (Å²) in [5.74, 6) is 4.18. The lowest BCUT2D eigenvalue weighted by Crippen LogP contribution is -2.37. The first-order chi connectivity index (χ1) is 7.67. The fraction of sp³-hybridized carbons (Fsp3) is 0.222. The van der Waals surface area contributed by atoms with Crippen molar-refractivity contribution in [3.05, 3.63) is 29.8 Å². The molecule has 86 valence electrons. The average molecular weight is 224 g/mol. The summed E-state index contributed by atoms with van der Waals surface area (Å²) in [6.45, 7) is 0. The van der Waals surface area contributed by atoms with Crippen LogP contribution in [0.5, 0.6) is 5.75 Å². The van der Waals surface area contributed by atoms with E-state index in [1.165, 1.54) is 12.1 Å². The molecule has 0 unspecified atom stereocenters. The summed E-state index contributed by atoms with van der Waals surface area (Å²) >= 11 is 0. The van der Waals surface area contributed by atoms with Gasteiger partial charge in [-0.05, 0) is 17.7 Å². The first-order valence-electron chi connectivity index (χ1n) is 4.48. The number of hydrogen-bond acceptors (Lipinski definition) is 6. The van der Waals surface area contributed by atoms with Crippen LogP contribution >= 0.6 is 0 Å². The summed E-state index contributed by atoms with van der Waals surface area (Å²) in [5, 5.41) is 12.0. The van der Waals surface area contributed by atoms with Gasteiger partial charge >= 0.3 is 5.97 Å². The second-order valence-corrected chi connectivity index (χ2v) is 3.10. The van der Waals surface area contributed by atoms with Crippen LogP contribution in [0.4, 0.5) is 0 Å². The number of benzene rings is 1. The van der Waals surface area contributed by atoms with E-state index in [9.17, 15) is 4.79 Å². The van der Waals surface area contributed by atoms with E-state index in [1.807, 2.05) is 0 Å². The lowest BCUT2D eigenvalue weighted by molar-refractivity contribution is -0.146. The maximum atomic E-state index is 11.2. The summed E-state index contributed by atoms with van der Waals surface area (Å²) in [5.41, 5.74) is 9.68. The van der Waals surface area contributed by atoms with Crippen molar-refractivity contribution in [2.24, 2.45) is 11.1 Å². The summed E-state index contributed by atoms with van der Waals surface area (Å²) in [4.78, 5) is 15.2. The first-order valence-corrected chi connectivity index (χ1v) is 4.48. The second-order valence-electron chi connectivity index (χ2n) is 3.10. The Hall–Kier alpha value is -2.15. The number of carbonyl (C=O) groups is 1. The smallest absolute Gasteiger partial charge is 0.349 e. The van der Waals surface area contributed by atoms with Crippen LogP contribution in [-0.2, 0) is 16.1 Å². The maximum absolute atomic E-state index is 11.2. The molecule has 0 bridgehead atoms. The molecule has 0 saturated carbocycles. The van der Waals surface area contributed by atoms with Crippen LogP contribution in [0.1, 0.15) is 5.56 Å². The standard InChI is InChI=1S/C9H12N4O3/c10-13-12-8(9(15)16-11)5-6-1-3-7(14)4-2-6/h1-4,8,14H,5,11H2,(H2,10,12)/t8-/m0/s1. The summed E-state index contributed by atoms with van der Waals surface area (Å²) in [6, 6.07) is 5.48. The highest BCUT2D eigenvalue weighted by Gasteiger charge is 2.19. The van der Waals surface area contributed by atoms with Gasteiger partial charge in [-0.1, -0.05) is 17.4 Å². The fourth-order valence-corrected chi connectivity index (χ4v) is 1.21. The molecule has 0 aromatic heterocycles. The monoisotopic (exact) mass is 224 g/mol. The van der Waals surface area contributed by atoms with Gasteiger partial charge in [-0.2, -0.15) is 11.4 Å². The quantitative estimate of drug-likeness (QED) is 0.422. The minimum Gasteiger partial charge on any atom is -0.508 e. The van der Waals surface area contributed by atoms with Crippen molar-refractivity contribution < 1.29 is 14.7 Å². The number of nitrogens with two attached hydrogens (primary N) is 1. The van der Waals surface area contributed by atoms with Gasteiger partial charge in [0.2, 0.25) is 0 Å². The minimum atomic E-state index is -0.813. The lowest BCUT2D eigenvalue weighted by atomic mass is 10.1. The van der Waals surface area contributed by atoms with E-state index in [1.54, 1.807) is 12.1 Å². The largest absolute Gasteiger partial charge is 0.508 e. The Labute approximate surface area is 91.6 Å². The number of aromatic hydroxyl groups is 1. The van der Waals surface area contributed by atoms with Crippen molar-refractivity contribution in [3.63, 3.8) is 0 Å². The van der Waals surface area contributed by atoms with E-state index in [4.69, 9.17) is 16.5 Å². The molecule has 1 atom stereocenters. The number of rotatable bonds is 5. The van der Waals surface area contributed by atoms with Crippen LogP contribution in [0.25, 0.3) is 0 Å². The minimum absolute atomic E-state index is 0.139. The van der Waals surface area contributed by atoms with Gasteiger partial charge in [-0.25, -0.2) is 4.79 Å². The number of carbonyl (C=O) groups excluding carboxylic acids is 1. The molecule has 0 aliphatic rings. The number of hydrogen-bond donors (Lipinski definition) is 4. The second kappa shape index (κ2) is 5.66. The van der Waals surface area contributed by atoms with Gasteiger partial charge in [0.25, 0.3) is 0 Å². The highest BCUT2D eigenvalue weighted by molar-refractivity contribution is 5.75. The Morgan fingerprint density at radius 2 is 2.19 bits per heavy atom. The van der Waals surface area contributed by atoms with Crippen LogP contribution < -0.4 is 11.3 Å². The fourth-order valence-electron chi connectivity index (χ4n) is 1.21. The van der Waals surface area contributed by atoms with Crippen molar-refractivity contribution in [1.29, 1.82) is 5.53 Å². The first kappa shape index (κ1) is 11.9. The van der Waals surface area contributed by atoms with E-state index in [-0.39, 0.29) is 12.2 Å². The van der Waals surface area contributed by atoms with E-state index >= 15 is 0 Å². The van der Waals surface area contributed by atoms with E-state index < -0.39 is 12.0 Å². The Bertz CT molecular complexity index is 366. The van der Waals surface area contributed by atoms with Gasteiger partial charge in [-0.15, -0.1) is 0 Å². The predicted octanol–water partition coefficient (Wildman–Crippen LogP) is 0.256. The lowest BCUT2D eigenvalue weighted by Gasteiger charge is -2.12. The molecule has 16 heavy (non-hydrogen) atoms. The molecule has 7 heteroatoms.